The van der Waals surface area contributed by atoms with Crippen LogP contribution in [0.15, 0.2) is 54.6 Å². The number of carbonyl (C=O) groups is 2. The minimum absolute atomic E-state index is 0.0173. The molecule has 0 spiro atoms. The second-order valence-electron chi connectivity index (χ2n) is 6.03. The van der Waals surface area contributed by atoms with Gasteiger partial charge in [0.1, 0.15) is 12.4 Å². The van der Waals surface area contributed by atoms with Crippen LogP contribution in [0.25, 0.3) is 0 Å². The first-order valence-electron chi connectivity index (χ1n) is 8.46. The van der Waals surface area contributed by atoms with Crippen molar-refractivity contribution in [1.29, 1.82) is 0 Å². The first kappa shape index (κ1) is 19.5. The summed E-state index contributed by atoms with van der Waals surface area (Å²) in [6.07, 6.45) is 0.0173. The standard InChI is InChI=1S/C20H24N2O4/c1-22(12-11-20(24)25)14-19(23)21-13-16-7-5-6-8-17(16)15-26-18-9-3-2-4-10-18/h2-10H,11-15H2,1H3,(H,21,23)(H,24,25). The van der Waals surface area contributed by atoms with Gasteiger partial charge in [0, 0.05) is 13.1 Å². The molecule has 0 saturated carbocycles. The van der Waals surface area contributed by atoms with Crippen LogP contribution >= 0.6 is 0 Å². The van der Waals surface area contributed by atoms with Gasteiger partial charge in [0.05, 0.1) is 13.0 Å². The van der Waals surface area contributed by atoms with Gasteiger partial charge >= 0.3 is 5.97 Å². The third-order valence-corrected chi connectivity index (χ3v) is 3.85. The molecule has 0 atom stereocenters. The van der Waals surface area contributed by atoms with E-state index in [0.717, 1.165) is 16.9 Å². The number of rotatable bonds is 10. The van der Waals surface area contributed by atoms with Crippen LogP contribution in [0.5, 0.6) is 5.75 Å². The van der Waals surface area contributed by atoms with Gasteiger partial charge in [0.25, 0.3) is 0 Å². The Labute approximate surface area is 153 Å². The van der Waals surface area contributed by atoms with Gasteiger partial charge < -0.3 is 15.2 Å². The third kappa shape index (κ3) is 6.94. The molecule has 0 bridgehead atoms. The number of hydrogen-bond donors (Lipinski definition) is 2. The number of nitrogens with one attached hydrogen (secondary N) is 1. The number of benzene rings is 2. The number of aliphatic carboxylic acids is 1. The van der Waals surface area contributed by atoms with Crippen LogP contribution < -0.4 is 10.1 Å². The van der Waals surface area contributed by atoms with E-state index in [9.17, 15) is 9.59 Å². The van der Waals surface area contributed by atoms with Gasteiger partial charge in [-0.1, -0.05) is 42.5 Å². The van der Waals surface area contributed by atoms with Crippen molar-refractivity contribution in [2.75, 3.05) is 20.1 Å². The van der Waals surface area contributed by atoms with Crippen LogP contribution in [0.4, 0.5) is 0 Å². The summed E-state index contributed by atoms with van der Waals surface area (Å²) >= 11 is 0. The summed E-state index contributed by atoms with van der Waals surface area (Å²) in [5.41, 5.74) is 2.00. The van der Waals surface area contributed by atoms with Crippen LogP contribution in [-0.4, -0.2) is 42.0 Å². The molecule has 2 aromatic carbocycles. The van der Waals surface area contributed by atoms with E-state index < -0.39 is 5.97 Å². The third-order valence-electron chi connectivity index (χ3n) is 3.85. The Bertz CT molecular complexity index is 719. The second-order valence-corrected chi connectivity index (χ2v) is 6.03. The fourth-order valence-corrected chi connectivity index (χ4v) is 2.41. The highest BCUT2D eigenvalue weighted by molar-refractivity contribution is 5.78. The summed E-state index contributed by atoms with van der Waals surface area (Å²) in [6, 6.07) is 17.4. The van der Waals surface area contributed by atoms with E-state index in [-0.39, 0.29) is 18.9 Å². The number of likely N-dealkylation sites (N-methyl/N-ethyl adjacent to an activating group) is 1. The first-order chi connectivity index (χ1) is 12.5. The fraction of sp³-hybridized carbons (Fsp3) is 0.300. The Hall–Kier alpha value is -2.86. The number of carboxylic acid groups (broad SMARTS) is 1. The van der Waals surface area contributed by atoms with Crippen molar-refractivity contribution in [1.82, 2.24) is 10.2 Å². The van der Waals surface area contributed by atoms with Crippen LogP contribution in [0.2, 0.25) is 0 Å². The lowest BCUT2D eigenvalue weighted by atomic mass is 10.1. The zero-order valence-electron chi connectivity index (χ0n) is 14.9. The van der Waals surface area contributed by atoms with Crippen LogP contribution in [0.1, 0.15) is 17.5 Å². The molecule has 0 aliphatic rings. The first-order valence-corrected chi connectivity index (χ1v) is 8.46. The predicted octanol–water partition coefficient (Wildman–Crippen LogP) is 2.29. The Morgan fingerprint density at radius 3 is 2.38 bits per heavy atom. The van der Waals surface area contributed by atoms with Gasteiger partial charge in [-0.2, -0.15) is 0 Å². The number of amides is 1. The molecule has 2 aromatic rings. The average molecular weight is 356 g/mol. The molecular weight excluding hydrogens is 332 g/mol. The molecule has 0 aromatic heterocycles. The molecule has 0 unspecified atom stereocenters. The Morgan fingerprint density at radius 1 is 1.04 bits per heavy atom. The Morgan fingerprint density at radius 2 is 1.69 bits per heavy atom. The highest BCUT2D eigenvalue weighted by Gasteiger charge is 2.09. The van der Waals surface area contributed by atoms with Gasteiger partial charge in [-0.05, 0) is 30.3 Å². The van der Waals surface area contributed by atoms with Crippen molar-refractivity contribution >= 4 is 11.9 Å². The van der Waals surface area contributed by atoms with Crippen molar-refractivity contribution < 1.29 is 19.4 Å². The van der Waals surface area contributed by atoms with Gasteiger partial charge in [-0.15, -0.1) is 0 Å². The summed E-state index contributed by atoms with van der Waals surface area (Å²) in [6.45, 7) is 1.33. The molecule has 6 heteroatoms. The average Bonchev–Trinajstić information content (AvgIpc) is 2.64. The van der Waals surface area contributed by atoms with Crippen molar-refractivity contribution in [3.05, 3.63) is 65.7 Å². The summed E-state index contributed by atoms with van der Waals surface area (Å²) in [4.78, 5) is 24.3. The fourth-order valence-electron chi connectivity index (χ4n) is 2.41. The molecule has 138 valence electrons. The van der Waals surface area contributed by atoms with Crippen molar-refractivity contribution in [3.8, 4) is 5.75 Å². The summed E-state index contributed by atoms with van der Waals surface area (Å²) < 4.78 is 5.78. The topological polar surface area (TPSA) is 78.9 Å². The van der Waals surface area contributed by atoms with Crippen molar-refractivity contribution in [2.45, 2.75) is 19.6 Å². The number of ether oxygens (including phenoxy) is 1. The van der Waals surface area contributed by atoms with Crippen LogP contribution in [-0.2, 0) is 22.7 Å². The largest absolute Gasteiger partial charge is 0.489 e. The van der Waals surface area contributed by atoms with Gasteiger partial charge in [0.15, 0.2) is 0 Å². The maximum atomic E-state index is 12.0. The highest BCUT2D eigenvalue weighted by Crippen LogP contribution is 2.14. The monoisotopic (exact) mass is 356 g/mol. The van der Waals surface area contributed by atoms with Crippen molar-refractivity contribution in [2.24, 2.45) is 0 Å². The van der Waals surface area contributed by atoms with E-state index in [4.69, 9.17) is 9.84 Å². The molecule has 6 nitrogen and oxygen atoms in total. The number of hydrogen-bond acceptors (Lipinski definition) is 4. The van der Waals surface area contributed by atoms with E-state index in [0.29, 0.717) is 19.7 Å². The Kier molecular flexibility index (Phi) is 7.64. The molecular formula is C20H24N2O4. The van der Waals surface area contributed by atoms with Crippen molar-refractivity contribution in [3.63, 3.8) is 0 Å². The summed E-state index contributed by atoms with van der Waals surface area (Å²) in [5, 5.41) is 11.5. The number of nitrogens with zero attached hydrogens (tertiary/aromatic N) is 1. The minimum Gasteiger partial charge on any atom is -0.489 e. The van der Waals surface area contributed by atoms with E-state index in [1.54, 1.807) is 11.9 Å². The van der Waals surface area contributed by atoms with Crippen LogP contribution in [0.3, 0.4) is 0 Å². The predicted molar refractivity (Wildman–Crippen MR) is 98.8 cm³/mol. The molecule has 0 aliphatic carbocycles. The van der Waals surface area contributed by atoms with E-state index in [2.05, 4.69) is 5.32 Å². The zero-order chi connectivity index (χ0) is 18.8. The van der Waals surface area contributed by atoms with Gasteiger partial charge in [-0.3, -0.25) is 14.5 Å². The highest BCUT2D eigenvalue weighted by atomic mass is 16.5. The Balaban J connectivity index is 1.83. The summed E-state index contributed by atoms with van der Waals surface area (Å²) in [5.74, 6) is -0.215. The number of para-hydroxylation sites is 1. The van der Waals surface area contributed by atoms with E-state index in [1.165, 1.54) is 0 Å². The lowest BCUT2D eigenvalue weighted by Crippen LogP contribution is -2.35. The molecule has 0 radical (unpaired) electrons. The number of carbonyl (C=O) groups excluding carboxylic acids is 1. The van der Waals surface area contributed by atoms with Crippen LogP contribution in [0, 0.1) is 0 Å². The quantitative estimate of drug-likeness (QED) is 0.683. The minimum atomic E-state index is -0.871. The van der Waals surface area contributed by atoms with Gasteiger partial charge in [-0.25, -0.2) is 0 Å². The normalized spacial score (nSPS) is 10.5. The number of carboxylic acids is 1. The molecule has 0 aliphatic heterocycles. The molecule has 1 amide bonds. The molecule has 26 heavy (non-hydrogen) atoms. The second kappa shape index (κ2) is 10.2. The lowest BCUT2D eigenvalue weighted by molar-refractivity contribution is -0.137. The molecule has 2 N–H and O–H groups in total. The molecule has 0 fully saturated rings. The molecule has 0 heterocycles. The van der Waals surface area contributed by atoms with E-state index in [1.807, 2.05) is 54.6 Å². The summed E-state index contributed by atoms with van der Waals surface area (Å²) in [7, 11) is 1.73. The molecule has 2 rings (SSSR count). The maximum absolute atomic E-state index is 12.0. The lowest BCUT2D eigenvalue weighted by Gasteiger charge is -2.16. The SMILES string of the molecule is CN(CCC(=O)O)CC(=O)NCc1ccccc1COc1ccccc1. The smallest absolute Gasteiger partial charge is 0.304 e. The molecule has 0 saturated heterocycles. The maximum Gasteiger partial charge on any atom is 0.304 e. The van der Waals surface area contributed by atoms with E-state index >= 15 is 0 Å². The van der Waals surface area contributed by atoms with Gasteiger partial charge in [0.2, 0.25) is 5.91 Å². The zero-order valence-corrected chi connectivity index (χ0v) is 14.9.